The lowest BCUT2D eigenvalue weighted by molar-refractivity contribution is -0.0737. The first kappa shape index (κ1) is 25.3. The molecule has 5 atom stereocenters. The van der Waals surface area contributed by atoms with Crippen LogP contribution in [-0.2, 0) is 6.54 Å². The molecule has 0 aromatic carbocycles. The molecule has 5 saturated carbocycles. The summed E-state index contributed by atoms with van der Waals surface area (Å²) in [4.78, 5) is 13.3. The molecule has 2 heterocycles. The molecular formula is C29H39N7O2. The molecule has 1 unspecified atom stereocenters. The Morgan fingerprint density at radius 3 is 2.63 bits per heavy atom. The van der Waals surface area contributed by atoms with Crippen LogP contribution in [0.3, 0.4) is 0 Å². The third kappa shape index (κ3) is 5.16. The molecule has 2 aromatic heterocycles. The van der Waals surface area contributed by atoms with Gasteiger partial charge in [0, 0.05) is 36.9 Å². The molecule has 7 rings (SSSR count). The lowest BCUT2D eigenvalue weighted by atomic mass is 9.47. The maximum atomic E-state index is 9.90. The molecule has 4 N–H and O–H groups in total. The molecule has 5 aliphatic carbocycles. The van der Waals surface area contributed by atoms with Crippen molar-refractivity contribution in [1.29, 1.82) is 5.26 Å². The largest absolute Gasteiger partial charge is 0.481 e. The predicted octanol–water partition coefficient (Wildman–Crippen LogP) is 3.86. The van der Waals surface area contributed by atoms with E-state index in [9.17, 15) is 10.4 Å². The number of hydrogen-bond donors (Lipinski definition) is 4. The summed E-state index contributed by atoms with van der Waals surface area (Å²) >= 11 is 0. The van der Waals surface area contributed by atoms with E-state index in [1.165, 1.54) is 32.1 Å². The Morgan fingerprint density at radius 1 is 1.11 bits per heavy atom. The molecule has 202 valence electrons. The average molecular weight is 518 g/mol. The number of nitrogens with zero attached hydrogens (tertiary/aromatic N) is 4. The van der Waals surface area contributed by atoms with E-state index >= 15 is 0 Å². The quantitative estimate of drug-likeness (QED) is 0.392. The minimum Gasteiger partial charge on any atom is -0.481 e. The van der Waals surface area contributed by atoms with Crippen LogP contribution in [0, 0.1) is 34.5 Å². The number of ether oxygens (including phenoxy) is 1. The maximum absolute atomic E-state index is 9.90. The van der Waals surface area contributed by atoms with Gasteiger partial charge in [0.2, 0.25) is 11.8 Å². The zero-order valence-electron chi connectivity index (χ0n) is 22.2. The van der Waals surface area contributed by atoms with Crippen LogP contribution in [0.4, 0.5) is 11.8 Å². The number of nitriles is 1. The van der Waals surface area contributed by atoms with Crippen molar-refractivity contribution in [3.63, 3.8) is 0 Å². The van der Waals surface area contributed by atoms with Crippen LogP contribution in [0.15, 0.2) is 24.5 Å². The normalized spacial score (nSPS) is 33.5. The van der Waals surface area contributed by atoms with Crippen LogP contribution < -0.4 is 20.7 Å². The fraction of sp³-hybridized carbons (Fsp3) is 0.655. The highest BCUT2D eigenvalue weighted by atomic mass is 16.5. The summed E-state index contributed by atoms with van der Waals surface area (Å²) in [6.07, 6.45) is 13.7. The van der Waals surface area contributed by atoms with Crippen LogP contribution in [-0.4, -0.2) is 51.9 Å². The second kappa shape index (κ2) is 10.7. The Balaban J connectivity index is 1.10. The smallest absolute Gasteiger partial charge is 0.224 e. The van der Waals surface area contributed by atoms with Gasteiger partial charge < -0.3 is 25.8 Å². The van der Waals surface area contributed by atoms with E-state index in [0.29, 0.717) is 41.8 Å². The topological polar surface area (TPSA) is 128 Å². The van der Waals surface area contributed by atoms with Crippen LogP contribution >= 0.6 is 0 Å². The Labute approximate surface area is 224 Å². The van der Waals surface area contributed by atoms with Gasteiger partial charge in [0.1, 0.15) is 17.5 Å². The van der Waals surface area contributed by atoms with Gasteiger partial charge in [-0.05, 0) is 87.0 Å². The number of aliphatic hydroxyl groups is 1. The van der Waals surface area contributed by atoms with Crippen LogP contribution in [0.1, 0.15) is 68.9 Å². The molecule has 5 aliphatic rings. The molecule has 38 heavy (non-hydrogen) atoms. The van der Waals surface area contributed by atoms with Crippen LogP contribution in [0.5, 0.6) is 5.88 Å². The third-order valence-electron chi connectivity index (χ3n) is 9.55. The van der Waals surface area contributed by atoms with Gasteiger partial charge in [0.15, 0.2) is 0 Å². The zero-order chi connectivity index (χ0) is 26.1. The molecule has 9 nitrogen and oxygen atoms in total. The molecule has 2 aromatic rings. The van der Waals surface area contributed by atoms with Gasteiger partial charge in [-0.15, -0.1) is 0 Å². The first-order valence-corrected chi connectivity index (χ1v) is 14.2. The van der Waals surface area contributed by atoms with Gasteiger partial charge >= 0.3 is 0 Å². The van der Waals surface area contributed by atoms with Crippen molar-refractivity contribution in [2.45, 2.75) is 82.5 Å². The highest BCUT2D eigenvalue weighted by Gasteiger charge is 2.55. The lowest BCUT2D eigenvalue weighted by Gasteiger charge is -2.61. The monoisotopic (exact) mass is 517 g/mol. The van der Waals surface area contributed by atoms with Gasteiger partial charge in [-0.25, -0.2) is 9.97 Å². The fourth-order valence-electron chi connectivity index (χ4n) is 8.07. The van der Waals surface area contributed by atoms with E-state index in [4.69, 9.17) is 4.74 Å². The third-order valence-corrected chi connectivity index (χ3v) is 9.55. The van der Waals surface area contributed by atoms with Gasteiger partial charge in [0.05, 0.1) is 19.4 Å². The molecule has 0 radical (unpaired) electrons. The molecule has 0 spiro atoms. The minimum absolute atomic E-state index is 0.102. The van der Waals surface area contributed by atoms with Crippen molar-refractivity contribution in [2.24, 2.45) is 23.2 Å². The summed E-state index contributed by atoms with van der Waals surface area (Å²) in [7, 11) is 1.61. The molecule has 4 bridgehead atoms. The van der Waals surface area contributed by atoms with E-state index in [-0.39, 0.29) is 11.5 Å². The number of rotatable bonds is 9. The van der Waals surface area contributed by atoms with Gasteiger partial charge in [-0.2, -0.15) is 10.2 Å². The van der Waals surface area contributed by atoms with Crippen molar-refractivity contribution in [2.75, 3.05) is 24.3 Å². The first-order valence-electron chi connectivity index (χ1n) is 14.2. The molecule has 0 amide bonds. The number of pyridine rings is 1. The Hall–Kier alpha value is -2.96. The predicted molar refractivity (Wildman–Crippen MR) is 145 cm³/mol. The number of aliphatic hydroxyl groups excluding tert-OH is 1. The molecule has 5 fully saturated rings. The Kier molecular flexibility index (Phi) is 7.10. The van der Waals surface area contributed by atoms with Crippen molar-refractivity contribution in [1.82, 2.24) is 20.3 Å². The van der Waals surface area contributed by atoms with E-state index in [1.807, 2.05) is 12.1 Å². The van der Waals surface area contributed by atoms with Crippen molar-refractivity contribution in [3.05, 3.63) is 35.7 Å². The van der Waals surface area contributed by atoms with Crippen molar-refractivity contribution in [3.8, 4) is 11.9 Å². The SMILES string of the molecule is COc1ncccc1CNc1ncc(C#N)c(NC[C@]23CC4C[C@H](C2)[C@@H](NC2CCC(O)CC2)[C@@H](C4)C3)n1. The lowest BCUT2D eigenvalue weighted by Crippen LogP contribution is -2.61. The summed E-state index contributed by atoms with van der Waals surface area (Å²) in [6, 6.07) is 7.26. The fourth-order valence-corrected chi connectivity index (χ4v) is 8.07. The average Bonchev–Trinajstić information content (AvgIpc) is 2.93. The summed E-state index contributed by atoms with van der Waals surface area (Å²) in [5.41, 5.74) is 1.66. The van der Waals surface area contributed by atoms with Crippen LogP contribution in [0.25, 0.3) is 0 Å². The van der Waals surface area contributed by atoms with Gasteiger partial charge in [-0.1, -0.05) is 6.07 Å². The van der Waals surface area contributed by atoms with Crippen LogP contribution in [0.2, 0.25) is 0 Å². The molecule has 0 aliphatic heterocycles. The van der Waals surface area contributed by atoms with Crippen molar-refractivity contribution >= 4 is 11.8 Å². The highest BCUT2D eigenvalue weighted by molar-refractivity contribution is 5.53. The minimum atomic E-state index is -0.102. The van der Waals surface area contributed by atoms with E-state index in [1.54, 1.807) is 19.5 Å². The second-order valence-electron chi connectivity index (χ2n) is 12.1. The molecular weight excluding hydrogens is 478 g/mol. The standard InChI is InChI=1S/C29H39N7O2/c1-38-27-19(3-2-8-31-27)15-32-28-33-16-22(14-30)26(36-28)34-17-29-11-18-9-20(12-29)25(21(10-18)13-29)35-23-4-6-24(37)7-5-23/h2-3,8,16,18,20-21,23-25,35,37H,4-7,9-13,15,17H2,1H3,(H2,32,33,34,36)/t18?,20-,21+,23?,24?,25-,29-. The summed E-state index contributed by atoms with van der Waals surface area (Å²) in [6.45, 7) is 1.33. The van der Waals surface area contributed by atoms with E-state index < -0.39 is 0 Å². The number of aromatic nitrogens is 3. The zero-order valence-corrected chi connectivity index (χ0v) is 22.2. The molecule has 0 saturated heterocycles. The Morgan fingerprint density at radius 2 is 1.89 bits per heavy atom. The van der Waals surface area contributed by atoms with Gasteiger partial charge in [-0.3, -0.25) is 0 Å². The summed E-state index contributed by atoms with van der Waals surface area (Å²) < 4.78 is 5.34. The highest BCUT2D eigenvalue weighted by Crippen LogP contribution is 2.60. The van der Waals surface area contributed by atoms with Crippen molar-refractivity contribution < 1.29 is 9.84 Å². The molecule has 9 heteroatoms. The number of hydrogen-bond acceptors (Lipinski definition) is 9. The number of anilines is 2. The summed E-state index contributed by atoms with van der Waals surface area (Å²) in [5.74, 6) is 3.92. The number of nitrogens with one attached hydrogen (secondary N) is 3. The Bertz CT molecular complexity index is 1160. The second-order valence-corrected chi connectivity index (χ2v) is 12.1. The summed E-state index contributed by atoms with van der Waals surface area (Å²) in [5, 5.41) is 30.5. The number of methoxy groups -OCH3 is 1. The van der Waals surface area contributed by atoms with E-state index in [2.05, 4.69) is 37.0 Å². The first-order chi connectivity index (χ1) is 18.5. The van der Waals surface area contributed by atoms with E-state index in [0.717, 1.165) is 55.5 Å². The maximum Gasteiger partial charge on any atom is 0.224 e. The van der Waals surface area contributed by atoms with Gasteiger partial charge in [0.25, 0.3) is 0 Å².